The molecule has 2 aliphatic heterocycles. The van der Waals surface area contributed by atoms with Gasteiger partial charge in [-0.2, -0.15) is 0 Å². The number of nitrogens with zero attached hydrogens (tertiary/aromatic N) is 1. The molecule has 0 radical (unpaired) electrons. The van der Waals surface area contributed by atoms with E-state index in [-0.39, 0.29) is 6.10 Å². The fraction of sp³-hybridized carbons (Fsp3) is 0.524. The van der Waals surface area contributed by atoms with E-state index >= 15 is 0 Å². The van der Waals surface area contributed by atoms with E-state index in [1.165, 1.54) is 6.42 Å². The van der Waals surface area contributed by atoms with E-state index in [4.69, 9.17) is 18.6 Å². The number of ether oxygens (including phenoxy) is 3. The van der Waals surface area contributed by atoms with Crippen molar-refractivity contribution in [2.24, 2.45) is 0 Å². The third-order valence-corrected chi connectivity index (χ3v) is 5.10. The molecular weight excluding hydrogens is 330 g/mol. The Balaban J connectivity index is 1.47. The summed E-state index contributed by atoms with van der Waals surface area (Å²) in [5.41, 5.74) is 1.16. The summed E-state index contributed by atoms with van der Waals surface area (Å²) in [5, 5.41) is 0. The lowest BCUT2D eigenvalue weighted by atomic mass is 10.1. The second-order valence-electron chi connectivity index (χ2n) is 7.02. The van der Waals surface area contributed by atoms with Crippen molar-refractivity contribution in [1.82, 2.24) is 4.90 Å². The summed E-state index contributed by atoms with van der Waals surface area (Å²) in [4.78, 5) is 2.41. The van der Waals surface area contributed by atoms with Crippen LogP contribution in [0.2, 0.25) is 0 Å². The lowest BCUT2D eigenvalue weighted by Crippen LogP contribution is -2.27. The molecule has 5 nitrogen and oxygen atoms in total. The summed E-state index contributed by atoms with van der Waals surface area (Å²) < 4.78 is 23.3. The van der Waals surface area contributed by atoms with E-state index in [9.17, 15) is 0 Å². The van der Waals surface area contributed by atoms with E-state index in [1.807, 2.05) is 12.1 Å². The van der Waals surface area contributed by atoms with Gasteiger partial charge >= 0.3 is 0 Å². The third-order valence-electron chi connectivity index (χ3n) is 5.10. The molecule has 0 amide bonds. The van der Waals surface area contributed by atoms with Gasteiger partial charge in [-0.25, -0.2) is 0 Å². The molecule has 5 heteroatoms. The molecule has 0 aliphatic carbocycles. The maximum atomic E-state index is 6.11. The fourth-order valence-electron chi connectivity index (χ4n) is 3.77. The first kappa shape index (κ1) is 17.4. The Hall–Kier alpha value is -1.98. The molecule has 26 heavy (non-hydrogen) atoms. The third kappa shape index (κ3) is 3.89. The summed E-state index contributed by atoms with van der Waals surface area (Å²) in [7, 11) is 1.69. The standard InChI is InChI=1S/C21H27NO4/c1-23-20-8-4-6-16-14-22(11-5-13-25-21(16)20)15-17-9-10-19(26-17)18-7-2-3-12-24-18/h4,6,8-10,18H,2-3,5,7,11-15H2,1H3/t18-/m1/s1. The number of hydrogen-bond donors (Lipinski definition) is 0. The van der Waals surface area contributed by atoms with Crippen molar-refractivity contribution in [1.29, 1.82) is 0 Å². The Morgan fingerprint density at radius 3 is 2.92 bits per heavy atom. The first-order chi connectivity index (χ1) is 12.8. The van der Waals surface area contributed by atoms with Crippen molar-refractivity contribution in [2.45, 2.75) is 44.9 Å². The van der Waals surface area contributed by atoms with Crippen molar-refractivity contribution in [3.05, 3.63) is 47.4 Å². The molecule has 2 aliphatic rings. The lowest BCUT2D eigenvalue weighted by molar-refractivity contribution is 0.000784. The first-order valence-corrected chi connectivity index (χ1v) is 9.55. The molecule has 0 spiro atoms. The zero-order valence-corrected chi connectivity index (χ0v) is 15.4. The largest absolute Gasteiger partial charge is 0.493 e. The maximum Gasteiger partial charge on any atom is 0.165 e. The molecule has 1 aromatic heterocycles. The topological polar surface area (TPSA) is 44.1 Å². The van der Waals surface area contributed by atoms with E-state index < -0.39 is 0 Å². The van der Waals surface area contributed by atoms with Gasteiger partial charge < -0.3 is 18.6 Å². The molecule has 3 heterocycles. The average molecular weight is 357 g/mol. The predicted octanol–water partition coefficient (Wildman–Crippen LogP) is 4.31. The van der Waals surface area contributed by atoms with Crippen molar-refractivity contribution in [3.63, 3.8) is 0 Å². The molecule has 0 bridgehead atoms. The summed E-state index contributed by atoms with van der Waals surface area (Å²) in [6.45, 7) is 4.13. The van der Waals surface area contributed by atoms with Crippen LogP contribution in [0.3, 0.4) is 0 Å². The van der Waals surface area contributed by atoms with Crippen LogP contribution in [0, 0.1) is 0 Å². The van der Waals surface area contributed by atoms with Crippen molar-refractivity contribution < 1.29 is 18.6 Å². The highest BCUT2D eigenvalue weighted by Gasteiger charge is 2.21. The van der Waals surface area contributed by atoms with Crippen LogP contribution in [0.5, 0.6) is 11.5 Å². The Morgan fingerprint density at radius 1 is 1.12 bits per heavy atom. The van der Waals surface area contributed by atoms with Crippen LogP contribution in [0.15, 0.2) is 34.7 Å². The van der Waals surface area contributed by atoms with E-state index in [2.05, 4.69) is 23.1 Å². The molecule has 1 saturated heterocycles. The lowest BCUT2D eigenvalue weighted by Gasteiger charge is -2.26. The fourth-order valence-corrected chi connectivity index (χ4v) is 3.77. The van der Waals surface area contributed by atoms with Gasteiger partial charge in [0.05, 0.1) is 20.3 Å². The summed E-state index contributed by atoms with van der Waals surface area (Å²) in [6.07, 6.45) is 4.54. The number of para-hydroxylation sites is 1. The highest BCUT2D eigenvalue weighted by atomic mass is 16.5. The number of furan rings is 1. The summed E-state index contributed by atoms with van der Waals surface area (Å²) in [6, 6.07) is 10.3. The molecule has 1 aromatic carbocycles. The van der Waals surface area contributed by atoms with Gasteiger partial charge in [0.1, 0.15) is 17.6 Å². The Kier molecular flexibility index (Phi) is 5.46. The average Bonchev–Trinajstić information content (AvgIpc) is 3.13. The van der Waals surface area contributed by atoms with Crippen LogP contribution in [0.1, 0.15) is 48.9 Å². The van der Waals surface area contributed by atoms with Gasteiger partial charge in [-0.1, -0.05) is 12.1 Å². The van der Waals surface area contributed by atoms with Crippen LogP contribution in [-0.2, 0) is 17.8 Å². The van der Waals surface area contributed by atoms with Crippen molar-refractivity contribution in [2.75, 3.05) is 26.9 Å². The summed E-state index contributed by atoms with van der Waals surface area (Å²) >= 11 is 0. The van der Waals surface area contributed by atoms with Crippen LogP contribution in [0.4, 0.5) is 0 Å². The molecule has 140 valence electrons. The minimum atomic E-state index is 0.128. The highest BCUT2D eigenvalue weighted by Crippen LogP contribution is 2.34. The predicted molar refractivity (Wildman–Crippen MR) is 98.5 cm³/mol. The zero-order chi connectivity index (χ0) is 17.8. The minimum absolute atomic E-state index is 0.128. The molecule has 2 aromatic rings. The van der Waals surface area contributed by atoms with E-state index in [0.29, 0.717) is 6.61 Å². The molecule has 0 N–H and O–H groups in total. The zero-order valence-electron chi connectivity index (χ0n) is 15.4. The van der Waals surface area contributed by atoms with E-state index in [0.717, 1.165) is 74.1 Å². The van der Waals surface area contributed by atoms with Crippen LogP contribution < -0.4 is 9.47 Å². The molecule has 1 fully saturated rings. The van der Waals surface area contributed by atoms with Gasteiger partial charge in [-0.15, -0.1) is 0 Å². The monoisotopic (exact) mass is 357 g/mol. The number of rotatable bonds is 4. The van der Waals surface area contributed by atoms with Crippen molar-refractivity contribution >= 4 is 0 Å². The van der Waals surface area contributed by atoms with Crippen molar-refractivity contribution in [3.8, 4) is 11.5 Å². The number of methoxy groups -OCH3 is 1. The van der Waals surface area contributed by atoms with E-state index in [1.54, 1.807) is 7.11 Å². The second-order valence-corrected chi connectivity index (χ2v) is 7.02. The van der Waals surface area contributed by atoms with Crippen LogP contribution in [-0.4, -0.2) is 31.8 Å². The van der Waals surface area contributed by atoms with Gasteiger partial charge in [0.2, 0.25) is 0 Å². The van der Waals surface area contributed by atoms with Crippen LogP contribution >= 0.6 is 0 Å². The summed E-state index contributed by atoms with van der Waals surface area (Å²) in [5.74, 6) is 3.65. The number of benzene rings is 1. The second kappa shape index (κ2) is 8.14. The minimum Gasteiger partial charge on any atom is -0.493 e. The number of hydrogen-bond acceptors (Lipinski definition) is 5. The molecule has 1 atom stereocenters. The maximum absolute atomic E-state index is 6.11. The quantitative estimate of drug-likeness (QED) is 0.816. The number of fused-ring (bicyclic) bond motifs is 1. The Morgan fingerprint density at radius 2 is 2.08 bits per heavy atom. The van der Waals surface area contributed by atoms with Gasteiger partial charge in [-0.05, 0) is 43.9 Å². The highest BCUT2D eigenvalue weighted by molar-refractivity contribution is 5.46. The van der Waals surface area contributed by atoms with Gasteiger partial charge in [0, 0.05) is 25.3 Å². The molecule has 0 saturated carbocycles. The SMILES string of the molecule is COc1cccc2c1OCCCN(Cc1ccc([C@H]3CCCCO3)o1)C2. The van der Waals surface area contributed by atoms with Crippen LogP contribution in [0.25, 0.3) is 0 Å². The molecular formula is C21H27NO4. The van der Waals surface area contributed by atoms with Gasteiger partial charge in [0.25, 0.3) is 0 Å². The van der Waals surface area contributed by atoms with Gasteiger partial charge in [-0.3, -0.25) is 4.90 Å². The first-order valence-electron chi connectivity index (χ1n) is 9.55. The molecule has 4 rings (SSSR count). The van der Waals surface area contributed by atoms with Gasteiger partial charge in [0.15, 0.2) is 11.5 Å². The Labute approximate surface area is 154 Å². The Bertz CT molecular complexity index is 721. The normalized spacial score (nSPS) is 21.3. The smallest absolute Gasteiger partial charge is 0.165 e. The molecule has 0 unspecified atom stereocenters.